The first-order valence-electron chi connectivity index (χ1n) is 5.85. The molecule has 104 valence electrons. The van der Waals surface area contributed by atoms with Crippen LogP contribution in [0.2, 0.25) is 0 Å². The quantitative estimate of drug-likeness (QED) is 0.778. The van der Waals surface area contributed by atoms with Gasteiger partial charge in [0.1, 0.15) is 0 Å². The van der Waals surface area contributed by atoms with Gasteiger partial charge < -0.3 is 4.98 Å². The summed E-state index contributed by atoms with van der Waals surface area (Å²) in [6, 6.07) is 3.98. The summed E-state index contributed by atoms with van der Waals surface area (Å²) >= 11 is 1.33. The molecular formula is C12H12N4O2S2. The Hall–Kier alpha value is -1.93. The van der Waals surface area contributed by atoms with Gasteiger partial charge in [-0.1, -0.05) is 23.5 Å². The van der Waals surface area contributed by atoms with Gasteiger partial charge in [0, 0.05) is 0 Å². The molecule has 0 aliphatic carbocycles. The molecule has 0 bridgehead atoms. The summed E-state index contributed by atoms with van der Waals surface area (Å²) in [4.78, 5) is 10.6. The van der Waals surface area contributed by atoms with Crippen molar-refractivity contribution in [1.82, 2.24) is 15.0 Å². The van der Waals surface area contributed by atoms with Gasteiger partial charge in [-0.15, -0.1) is 0 Å². The van der Waals surface area contributed by atoms with Crippen LogP contribution in [0.25, 0.3) is 10.2 Å². The molecule has 0 spiro atoms. The van der Waals surface area contributed by atoms with Gasteiger partial charge in [0.15, 0.2) is 10.2 Å². The number of sulfonamides is 1. The molecule has 0 unspecified atom stereocenters. The van der Waals surface area contributed by atoms with E-state index in [1.165, 1.54) is 23.9 Å². The van der Waals surface area contributed by atoms with E-state index >= 15 is 0 Å². The monoisotopic (exact) mass is 308 g/mol. The normalized spacial score (nSPS) is 11.9. The number of nitrogens with one attached hydrogen (secondary N) is 2. The number of nitrogens with zero attached hydrogens (tertiary/aromatic N) is 2. The SMILES string of the molecule is Cc1ccc(C)c2sc(NS(=O)(=O)c3cnc[nH]3)nc12. The Bertz CT molecular complexity index is 827. The summed E-state index contributed by atoms with van der Waals surface area (Å²) in [5, 5.41) is 0.372. The maximum absolute atomic E-state index is 12.1. The van der Waals surface area contributed by atoms with Crippen LogP contribution in [0.1, 0.15) is 11.1 Å². The van der Waals surface area contributed by atoms with Crippen LogP contribution in [0, 0.1) is 13.8 Å². The number of hydrogen-bond acceptors (Lipinski definition) is 5. The number of aromatic nitrogens is 3. The van der Waals surface area contributed by atoms with Gasteiger partial charge in [0.05, 0.1) is 22.7 Å². The number of thiazole rings is 1. The zero-order chi connectivity index (χ0) is 14.3. The second kappa shape index (κ2) is 4.57. The molecule has 3 rings (SSSR count). The predicted molar refractivity (Wildman–Crippen MR) is 78.5 cm³/mol. The second-order valence-corrected chi connectivity index (χ2v) is 7.07. The fourth-order valence-electron chi connectivity index (χ4n) is 1.86. The van der Waals surface area contributed by atoms with Crippen molar-refractivity contribution >= 4 is 36.7 Å². The number of benzene rings is 1. The molecule has 20 heavy (non-hydrogen) atoms. The van der Waals surface area contributed by atoms with E-state index in [0.29, 0.717) is 5.13 Å². The van der Waals surface area contributed by atoms with Crippen molar-refractivity contribution in [3.63, 3.8) is 0 Å². The minimum absolute atomic E-state index is 0.0187. The molecule has 0 saturated carbocycles. The third-order valence-corrected chi connectivity index (χ3v) is 5.43. The van der Waals surface area contributed by atoms with Crippen LogP contribution < -0.4 is 4.72 Å². The van der Waals surface area contributed by atoms with Crippen molar-refractivity contribution in [1.29, 1.82) is 0 Å². The highest BCUT2D eigenvalue weighted by atomic mass is 32.2. The zero-order valence-electron chi connectivity index (χ0n) is 10.8. The average Bonchev–Trinajstić information content (AvgIpc) is 3.02. The Balaban J connectivity index is 2.04. The van der Waals surface area contributed by atoms with Crippen molar-refractivity contribution in [3.05, 3.63) is 35.8 Å². The third-order valence-electron chi connectivity index (χ3n) is 2.93. The van der Waals surface area contributed by atoms with Crippen molar-refractivity contribution in [2.75, 3.05) is 4.72 Å². The van der Waals surface area contributed by atoms with Crippen LogP contribution in [0.5, 0.6) is 0 Å². The predicted octanol–water partition coefficient (Wildman–Crippen LogP) is 2.44. The van der Waals surface area contributed by atoms with Crippen LogP contribution in [0.15, 0.2) is 29.7 Å². The molecule has 0 amide bonds. The van der Waals surface area contributed by atoms with E-state index in [1.54, 1.807) is 0 Å². The largest absolute Gasteiger partial charge is 0.334 e. The van der Waals surface area contributed by atoms with Crippen molar-refractivity contribution < 1.29 is 8.42 Å². The van der Waals surface area contributed by atoms with Gasteiger partial charge in [0.2, 0.25) is 0 Å². The van der Waals surface area contributed by atoms with Crippen LogP contribution in [0.3, 0.4) is 0 Å². The first kappa shape index (κ1) is 13.1. The Labute approximate surface area is 119 Å². The lowest BCUT2D eigenvalue weighted by Gasteiger charge is -2.00. The fraction of sp³-hybridized carbons (Fsp3) is 0.167. The number of aromatic amines is 1. The first-order chi connectivity index (χ1) is 9.47. The lowest BCUT2D eigenvalue weighted by molar-refractivity contribution is 0.598. The van der Waals surface area contributed by atoms with Crippen LogP contribution in [-0.2, 0) is 10.0 Å². The Morgan fingerprint density at radius 3 is 2.65 bits per heavy atom. The van der Waals surface area contributed by atoms with Gasteiger partial charge in [-0.25, -0.2) is 9.97 Å². The van der Waals surface area contributed by atoms with Crippen molar-refractivity contribution in [2.24, 2.45) is 0 Å². The highest BCUT2D eigenvalue weighted by Gasteiger charge is 2.18. The molecule has 6 nitrogen and oxygen atoms in total. The van der Waals surface area contributed by atoms with Crippen LogP contribution in [0.4, 0.5) is 5.13 Å². The summed E-state index contributed by atoms with van der Waals surface area (Å²) in [7, 11) is -3.66. The van der Waals surface area contributed by atoms with E-state index < -0.39 is 10.0 Å². The molecular weight excluding hydrogens is 296 g/mol. The highest BCUT2D eigenvalue weighted by Crippen LogP contribution is 2.31. The van der Waals surface area contributed by atoms with E-state index in [-0.39, 0.29) is 5.03 Å². The van der Waals surface area contributed by atoms with Crippen molar-refractivity contribution in [3.8, 4) is 0 Å². The van der Waals surface area contributed by atoms with E-state index in [2.05, 4.69) is 19.7 Å². The number of aryl methyl sites for hydroxylation is 2. The third kappa shape index (κ3) is 2.16. The van der Waals surface area contributed by atoms with E-state index in [9.17, 15) is 8.42 Å². The molecule has 0 saturated heterocycles. The maximum atomic E-state index is 12.1. The Morgan fingerprint density at radius 1 is 1.25 bits per heavy atom. The van der Waals surface area contributed by atoms with E-state index in [4.69, 9.17) is 0 Å². The van der Waals surface area contributed by atoms with E-state index in [1.807, 2.05) is 26.0 Å². The minimum Gasteiger partial charge on any atom is -0.334 e. The summed E-state index contributed by atoms with van der Waals surface area (Å²) in [6.07, 6.45) is 2.58. The van der Waals surface area contributed by atoms with E-state index in [0.717, 1.165) is 21.3 Å². The average molecular weight is 308 g/mol. The molecule has 3 aromatic rings. The number of hydrogen-bond donors (Lipinski definition) is 2. The first-order valence-corrected chi connectivity index (χ1v) is 8.15. The Kier molecular flexibility index (Phi) is 2.98. The van der Waals surface area contributed by atoms with Gasteiger partial charge in [-0.05, 0) is 25.0 Å². The summed E-state index contributed by atoms with van der Waals surface area (Å²) < 4.78 is 27.7. The van der Waals surface area contributed by atoms with Crippen LogP contribution in [-0.4, -0.2) is 23.4 Å². The molecule has 0 fully saturated rings. The lowest BCUT2D eigenvalue weighted by atomic mass is 10.1. The molecule has 0 aliphatic heterocycles. The molecule has 1 aromatic carbocycles. The molecule has 2 heterocycles. The van der Waals surface area contributed by atoms with Gasteiger partial charge in [-0.2, -0.15) is 8.42 Å². The highest BCUT2D eigenvalue weighted by molar-refractivity contribution is 7.92. The molecule has 2 N–H and O–H groups in total. The zero-order valence-corrected chi connectivity index (χ0v) is 12.5. The molecule has 8 heteroatoms. The molecule has 0 aliphatic rings. The van der Waals surface area contributed by atoms with Crippen molar-refractivity contribution in [2.45, 2.75) is 18.9 Å². The standard InChI is InChI=1S/C12H12N4O2S2/c1-7-3-4-8(2)11-10(7)15-12(19-11)16-20(17,18)9-5-13-6-14-9/h3-6H,1-2H3,(H,13,14)(H,15,16). The number of fused-ring (bicyclic) bond motifs is 1. The summed E-state index contributed by atoms with van der Waals surface area (Å²) in [5.41, 5.74) is 2.93. The summed E-state index contributed by atoms with van der Waals surface area (Å²) in [6.45, 7) is 3.93. The fourth-order valence-corrected chi connectivity index (χ4v) is 4.01. The minimum atomic E-state index is -3.66. The topological polar surface area (TPSA) is 87.7 Å². The van der Waals surface area contributed by atoms with Gasteiger partial charge in [-0.3, -0.25) is 4.72 Å². The molecule has 0 radical (unpaired) electrons. The lowest BCUT2D eigenvalue weighted by Crippen LogP contribution is -2.12. The number of anilines is 1. The number of H-pyrrole nitrogens is 1. The number of rotatable bonds is 3. The Morgan fingerprint density at radius 2 is 2.00 bits per heavy atom. The number of imidazole rings is 1. The second-order valence-electron chi connectivity index (χ2n) is 4.42. The van der Waals surface area contributed by atoms with Gasteiger partial charge in [0.25, 0.3) is 10.0 Å². The smallest absolute Gasteiger partial charge is 0.280 e. The molecule has 2 aromatic heterocycles. The summed E-state index contributed by atoms with van der Waals surface area (Å²) in [5.74, 6) is 0. The van der Waals surface area contributed by atoms with Crippen LogP contribution >= 0.6 is 11.3 Å². The molecule has 0 atom stereocenters. The maximum Gasteiger partial charge on any atom is 0.280 e. The van der Waals surface area contributed by atoms with Gasteiger partial charge >= 0.3 is 0 Å².